The number of benzene rings is 3. The number of aryl methyl sites for hydroxylation is 1. The smallest absolute Gasteiger partial charge is 0.221 e. The molecule has 0 radical (unpaired) electrons. The fourth-order valence-corrected chi connectivity index (χ4v) is 3.65. The minimum absolute atomic E-state index is 0.0721. The van der Waals surface area contributed by atoms with Crippen molar-refractivity contribution in [1.29, 1.82) is 0 Å². The third kappa shape index (κ3) is 5.24. The Bertz CT molecular complexity index is 816. The van der Waals surface area contributed by atoms with Crippen molar-refractivity contribution in [2.75, 3.05) is 5.75 Å². The first-order chi connectivity index (χ1) is 12.7. The van der Waals surface area contributed by atoms with Crippen LogP contribution in [0.15, 0.2) is 89.8 Å². The molecule has 0 aliphatic carbocycles. The average Bonchev–Trinajstić information content (AvgIpc) is 2.68. The van der Waals surface area contributed by atoms with Gasteiger partial charge in [-0.2, -0.15) is 0 Å². The van der Waals surface area contributed by atoms with E-state index in [-0.39, 0.29) is 11.9 Å². The van der Waals surface area contributed by atoms with E-state index in [1.165, 1.54) is 10.5 Å². The number of hydrogen-bond donors (Lipinski definition) is 1. The fraction of sp³-hybridized carbons (Fsp3) is 0.174. The summed E-state index contributed by atoms with van der Waals surface area (Å²) in [6.45, 7) is 2.07. The van der Waals surface area contributed by atoms with Gasteiger partial charge >= 0.3 is 0 Å². The van der Waals surface area contributed by atoms with Crippen molar-refractivity contribution in [2.45, 2.75) is 24.3 Å². The quantitative estimate of drug-likeness (QED) is 0.572. The first-order valence-corrected chi connectivity index (χ1v) is 9.79. The van der Waals surface area contributed by atoms with Crippen molar-refractivity contribution < 1.29 is 4.79 Å². The van der Waals surface area contributed by atoms with Crippen LogP contribution < -0.4 is 5.32 Å². The van der Waals surface area contributed by atoms with E-state index in [4.69, 9.17) is 0 Å². The van der Waals surface area contributed by atoms with Crippen molar-refractivity contribution >= 4 is 17.7 Å². The maximum absolute atomic E-state index is 12.5. The molecule has 1 N–H and O–H groups in total. The highest BCUT2D eigenvalue weighted by molar-refractivity contribution is 7.99. The van der Waals surface area contributed by atoms with E-state index in [2.05, 4.69) is 60.8 Å². The summed E-state index contributed by atoms with van der Waals surface area (Å²) in [7, 11) is 0. The molecule has 132 valence electrons. The molecule has 0 heterocycles. The van der Waals surface area contributed by atoms with Crippen LogP contribution in [0.4, 0.5) is 0 Å². The van der Waals surface area contributed by atoms with Gasteiger partial charge in [-0.25, -0.2) is 0 Å². The minimum atomic E-state index is -0.119. The number of carbonyl (C=O) groups is 1. The van der Waals surface area contributed by atoms with Gasteiger partial charge in [-0.1, -0.05) is 78.4 Å². The molecule has 1 atom stereocenters. The predicted molar refractivity (Wildman–Crippen MR) is 109 cm³/mol. The molecule has 3 heteroatoms. The van der Waals surface area contributed by atoms with Crippen LogP contribution in [-0.2, 0) is 4.79 Å². The Labute approximate surface area is 159 Å². The third-order valence-electron chi connectivity index (χ3n) is 4.19. The molecule has 0 spiro atoms. The zero-order valence-electron chi connectivity index (χ0n) is 14.9. The Morgan fingerprint density at radius 1 is 0.846 bits per heavy atom. The summed E-state index contributed by atoms with van der Waals surface area (Å²) < 4.78 is 0. The van der Waals surface area contributed by atoms with Crippen LogP contribution in [-0.4, -0.2) is 11.7 Å². The number of carbonyl (C=O) groups excluding carboxylic acids is 1. The van der Waals surface area contributed by atoms with Crippen LogP contribution in [0, 0.1) is 6.92 Å². The van der Waals surface area contributed by atoms with Crippen molar-refractivity contribution in [3.05, 3.63) is 102 Å². The van der Waals surface area contributed by atoms with Gasteiger partial charge in [0.25, 0.3) is 0 Å². The summed E-state index contributed by atoms with van der Waals surface area (Å²) in [5.41, 5.74) is 3.41. The fourth-order valence-electron chi connectivity index (χ4n) is 2.77. The van der Waals surface area contributed by atoms with E-state index in [0.29, 0.717) is 6.42 Å². The number of hydrogen-bond acceptors (Lipinski definition) is 2. The number of amides is 1. The lowest BCUT2D eigenvalue weighted by Gasteiger charge is -2.20. The van der Waals surface area contributed by atoms with Gasteiger partial charge in [0.2, 0.25) is 5.91 Å². The van der Waals surface area contributed by atoms with Crippen LogP contribution >= 0.6 is 11.8 Å². The van der Waals surface area contributed by atoms with E-state index >= 15 is 0 Å². The van der Waals surface area contributed by atoms with Crippen LogP contribution in [0.3, 0.4) is 0 Å². The number of nitrogens with one attached hydrogen (secondary N) is 1. The molecule has 0 saturated carbocycles. The molecule has 3 rings (SSSR count). The number of thioether (sulfide) groups is 1. The Morgan fingerprint density at radius 2 is 1.42 bits per heavy atom. The minimum Gasteiger partial charge on any atom is -0.345 e. The molecular weight excluding hydrogens is 338 g/mol. The van der Waals surface area contributed by atoms with Gasteiger partial charge in [0.1, 0.15) is 0 Å². The van der Waals surface area contributed by atoms with Gasteiger partial charge in [0.15, 0.2) is 0 Å². The monoisotopic (exact) mass is 361 g/mol. The van der Waals surface area contributed by atoms with E-state index < -0.39 is 0 Å². The second-order valence-corrected chi connectivity index (χ2v) is 7.40. The van der Waals surface area contributed by atoms with Gasteiger partial charge in [0, 0.05) is 17.1 Å². The molecule has 0 unspecified atom stereocenters. The summed E-state index contributed by atoms with van der Waals surface area (Å²) in [5.74, 6) is 0.841. The largest absolute Gasteiger partial charge is 0.345 e. The van der Waals surface area contributed by atoms with Crippen molar-refractivity contribution in [3.63, 3.8) is 0 Å². The molecule has 3 aromatic rings. The van der Waals surface area contributed by atoms with Crippen LogP contribution in [0.1, 0.15) is 29.2 Å². The molecule has 3 aromatic carbocycles. The molecular formula is C23H23NOS. The summed E-state index contributed by atoms with van der Waals surface area (Å²) >= 11 is 1.71. The Kier molecular flexibility index (Phi) is 6.50. The van der Waals surface area contributed by atoms with Gasteiger partial charge < -0.3 is 5.32 Å². The van der Waals surface area contributed by atoms with E-state index in [0.717, 1.165) is 16.9 Å². The molecule has 0 aliphatic heterocycles. The number of rotatable bonds is 7. The highest BCUT2D eigenvalue weighted by Gasteiger charge is 2.16. The first kappa shape index (κ1) is 18.3. The highest BCUT2D eigenvalue weighted by Crippen LogP contribution is 2.23. The second kappa shape index (κ2) is 9.25. The summed E-state index contributed by atoms with van der Waals surface area (Å²) in [6, 6.07) is 28.5. The van der Waals surface area contributed by atoms with Crippen molar-refractivity contribution in [3.8, 4) is 0 Å². The maximum atomic E-state index is 12.5. The van der Waals surface area contributed by atoms with Gasteiger partial charge in [-0.15, -0.1) is 11.8 Å². The maximum Gasteiger partial charge on any atom is 0.221 e. The summed E-state index contributed by atoms with van der Waals surface area (Å²) in [4.78, 5) is 13.7. The van der Waals surface area contributed by atoms with Gasteiger partial charge in [-0.3, -0.25) is 4.79 Å². The highest BCUT2D eigenvalue weighted by atomic mass is 32.2. The third-order valence-corrected chi connectivity index (χ3v) is 5.20. The lowest BCUT2D eigenvalue weighted by Crippen LogP contribution is -2.29. The predicted octanol–water partition coefficient (Wildman–Crippen LogP) is 5.38. The van der Waals surface area contributed by atoms with Crippen molar-refractivity contribution in [2.24, 2.45) is 0 Å². The Morgan fingerprint density at radius 3 is 2.08 bits per heavy atom. The van der Waals surface area contributed by atoms with Crippen LogP contribution in [0.5, 0.6) is 0 Å². The Balaban J connectivity index is 1.65. The van der Waals surface area contributed by atoms with Crippen LogP contribution in [0.2, 0.25) is 0 Å². The van der Waals surface area contributed by atoms with E-state index in [9.17, 15) is 4.79 Å². The van der Waals surface area contributed by atoms with Gasteiger partial charge in [-0.05, 0) is 30.2 Å². The molecule has 26 heavy (non-hydrogen) atoms. The van der Waals surface area contributed by atoms with Crippen molar-refractivity contribution in [1.82, 2.24) is 5.32 Å². The lowest BCUT2D eigenvalue weighted by molar-refractivity contribution is -0.121. The van der Waals surface area contributed by atoms with Crippen LogP contribution in [0.25, 0.3) is 0 Å². The molecule has 0 bridgehead atoms. The van der Waals surface area contributed by atoms with E-state index in [1.807, 2.05) is 36.4 Å². The second-order valence-electron chi connectivity index (χ2n) is 6.23. The first-order valence-electron chi connectivity index (χ1n) is 8.81. The Hall–Kier alpha value is -2.52. The molecule has 1 amide bonds. The molecule has 0 aliphatic rings. The molecule has 2 nitrogen and oxygen atoms in total. The zero-order valence-corrected chi connectivity index (χ0v) is 15.7. The van der Waals surface area contributed by atoms with E-state index in [1.54, 1.807) is 11.8 Å². The van der Waals surface area contributed by atoms with Gasteiger partial charge in [0.05, 0.1) is 6.04 Å². The molecule has 0 fully saturated rings. The standard InChI is InChI=1S/C23H23NOS/c1-18-12-14-20(15-13-18)23(19-8-4-2-5-9-19)24-22(25)16-17-26-21-10-6-3-7-11-21/h2-15,23H,16-17H2,1H3,(H,24,25)/t23-/m0/s1. The SMILES string of the molecule is Cc1ccc([C@@H](NC(=O)CCSc2ccccc2)c2ccccc2)cc1. The molecule has 0 saturated heterocycles. The zero-order chi connectivity index (χ0) is 18.2. The normalized spacial score (nSPS) is 11.7. The summed E-state index contributed by atoms with van der Waals surface area (Å²) in [5, 5.41) is 3.20. The molecule has 0 aromatic heterocycles. The average molecular weight is 362 g/mol. The summed E-state index contributed by atoms with van der Waals surface area (Å²) in [6.07, 6.45) is 0.495. The lowest BCUT2D eigenvalue weighted by atomic mass is 9.97. The topological polar surface area (TPSA) is 29.1 Å².